The molecule has 0 aliphatic heterocycles. The maximum absolute atomic E-state index is 2.43. The number of thiophene rings is 1. The number of hydrogen-bond acceptors (Lipinski definition) is 2. The van der Waals surface area contributed by atoms with E-state index >= 15 is 0 Å². The van der Waals surface area contributed by atoms with Crippen molar-refractivity contribution in [3.05, 3.63) is 211 Å². The first-order valence-electron chi connectivity index (χ1n) is 19.7. The second-order valence-electron chi connectivity index (χ2n) is 15.8. The maximum Gasteiger partial charge on any atom is 0.0468 e. The van der Waals surface area contributed by atoms with Crippen molar-refractivity contribution >= 4 is 59.3 Å². The van der Waals surface area contributed by atoms with E-state index in [1.54, 1.807) is 0 Å². The van der Waals surface area contributed by atoms with Gasteiger partial charge in [-0.15, -0.1) is 11.3 Å². The average Bonchev–Trinajstić information content (AvgIpc) is 3.75. The van der Waals surface area contributed by atoms with Crippen LogP contribution < -0.4 is 4.90 Å². The first-order valence-corrected chi connectivity index (χ1v) is 20.6. The van der Waals surface area contributed by atoms with E-state index in [0.29, 0.717) is 0 Å². The number of nitrogens with zero attached hydrogens (tertiary/aromatic N) is 1. The van der Waals surface area contributed by atoms with Crippen LogP contribution in [0, 0.1) is 0 Å². The largest absolute Gasteiger partial charge is 0.310 e. The fraction of sp³-hybridized carbons (Fsp3) is 0.0545. The lowest BCUT2D eigenvalue weighted by Crippen LogP contribution is -2.16. The molecule has 0 atom stereocenters. The summed E-state index contributed by atoms with van der Waals surface area (Å²) in [5.41, 5.74) is 16.1. The van der Waals surface area contributed by atoms with Crippen LogP contribution in [0.1, 0.15) is 25.0 Å². The van der Waals surface area contributed by atoms with Gasteiger partial charge < -0.3 is 4.90 Å². The summed E-state index contributed by atoms with van der Waals surface area (Å²) in [5, 5.41) is 5.13. The second-order valence-corrected chi connectivity index (χ2v) is 16.9. The van der Waals surface area contributed by atoms with Crippen molar-refractivity contribution in [2.24, 2.45) is 0 Å². The third-order valence-electron chi connectivity index (χ3n) is 12.1. The van der Waals surface area contributed by atoms with Crippen LogP contribution in [0.25, 0.3) is 75.5 Å². The Hall–Kier alpha value is -6.74. The van der Waals surface area contributed by atoms with Gasteiger partial charge in [-0.05, 0) is 127 Å². The molecule has 9 aromatic carbocycles. The number of rotatable bonds is 6. The smallest absolute Gasteiger partial charge is 0.0468 e. The normalized spacial score (nSPS) is 12.9. The molecule has 0 bridgehead atoms. The van der Waals surface area contributed by atoms with Crippen LogP contribution in [-0.4, -0.2) is 0 Å². The Balaban J connectivity index is 0.946. The molecule has 1 aliphatic carbocycles. The molecule has 0 spiro atoms. The van der Waals surface area contributed by atoms with Gasteiger partial charge in [0.15, 0.2) is 0 Å². The minimum Gasteiger partial charge on any atom is -0.310 e. The zero-order chi connectivity index (χ0) is 38.1. The molecule has 1 nitrogen and oxygen atoms in total. The van der Waals surface area contributed by atoms with Crippen LogP contribution in [0.15, 0.2) is 200 Å². The molecule has 0 radical (unpaired) electrons. The van der Waals surface area contributed by atoms with Crippen LogP contribution in [0.2, 0.25) is 0 Å². The molecule has 0 unspecified atom stereocenters. The third kappa shape index (κ3) is 5.67. The fourth-order valence-corrected chi connectivity index (χ4v) is 10.1. The van der Waals surface area contributed by atoms with Crippen molar-refractivity contribution in [3.8, 4) is 44.5 Å². The van der Waals surface area contributed by atoms with Crippen LogP contribution in [0.4, 0.5) is 17.1 Å². The molecule has 270 valence electrons. The van der Waals surface area contributed by atoms with E-state index in [1.165, 1.54) is 86.6 Å². The van der Waals surface area contributed by atoms with Gasteiger partial charge in [-0.3, -0.25) is 0 Å². The predicted octanol–water partition coefficient (Wildman–Crippen LogP) is 16.0. The van der Waals surface area contributed by atoms with Gasteiger partial charge in [-0.2, -0.15) is 0 Å². The van der Waals surface area contributed by atoms with Crippen LogP contribution in [0.3, 0.4) is 0 Å². The molecule has 1 aromatic heterocycles. The Morgan fingerprint density at radius 1 is 0.351 bits per heavy atom. The van der Waals surface area contributed by atoms with Crippen molar-refractivity contribution in [1.29, 1.82) is 0 Å². The topological polar surface area (TPSA) is 3.24 Å². The molecule has 57 heavy (non-hydrogen) atoms. The summed E-state index contributed by atoms with van der Waals surface area (Å²) in [5.74, 6) is 0. The molecular weight excluding hydrogens is 707 g/mol. The molecule has 10 aromatic rings. The van der Waals surface area contributed by atoms with E-state index in [4.69, 9.17) is 0 Å². The van der Waals surface area contributed by atoms with E-state index < -0.39 is 0 Å². The number of fused-ring (bicyclic) bond motifs is 7. The molecule has 0 N–H and O–H groups in total. The molecule has 0 saturated carbocycles. The van der Waals surface area contributed by atoms with Gasteiger partial charge in [0.2, 0.25) is 0 Å². The van der Waals surface area contributed by atoms with Gasteiger partial charge in [0.1, 0.15) is 0 Å². The third-order valence-corrected chi connectivity index (χ3v) is 13.2. The number of hydrogen-bond donors (Lipinski definition) is 0. The Morgan fingerprint density at radius 2 is 0.912 bits per heavy atom. The highest BCUT2D eigenvalue weighted by Gasteiger charge is 2.35. The van der Waals surface area contributed by atoms with Crippen molar-refractivity contribution in [1.82, 2.24) is 0 Å². The van der Waals surface area contributed by atoms with Crippen LogP contribution in [-0.2, 0) is 5.41 Å². The second kappa shape index (κ2) is 13.2. The van der Waals surface area contributed by atoms with Crippen LogP contribution >= 0.6 is 11.3 Å². The van der Waals surface area contributed by atoms with Gasteiger partial charge >= 0.3 is 0 Å². The molecular formula is C55H39NS. The summed E-state index contributed by atoms with van der Waals surface area (Å²) >= 11 is 1.86. The summed E-state index contributed by atoms with van der Waals surface area (Å²) in [6.45, 7) is 4.72. The van der Waals surface area contributed by atoms with E-state index in [9.17, 15) is 0 Å². The highest BCUT2D eigenvalue weighted by atomic mass is 32.1. The first-order chi connectivity index (χ1) is 28.0. The molecule has 11 rings (SSSR count). The lowest BCUT2D eigenvalue weighted by Gasteiger charge is -2.28. The maximum atomic E-state index is 2.43. The lowest BCUT2D eigenvalue weighted by atomic mass is 9.82. The van der Waals surface area contributed by atoms with Crippen molar-refractivity contribution in [3.63, 3.8) is 0 Å². The van der Waals surface area contributed by atoms with E-state index in [0.717, 1.165) is 17.1 Å². The van der Waals surface area contributed by atoms with E-state index in [2.05, 4.69) is 219 Å². The average molecular weight is 746 g/mol. The fourth-order valence-electron chi connectivity index (χ4n) is 9.04. The van der Waals surface area contributed by atoms with Crippen molar-refractivity contribution < 1.29 is 0 Å². The van der Waals surface area contributed by atoms with Crippen molar-refractivity contribution in [2.45, 2.75) is 19.3 Å². The van der Waals surface area contributed by atoms with Crippen LogP contribution in [0.5, 0.6) is 0 Å². The van der Waals surface area contributed by atoms with Gasteiger partial charge in [0, 0.05) is 42.6 Å². The predicted molar refractivity (Wildman–Crippen MR) is 245 cm³/mol. The standard InChI is InChI=1S/C55H39NS/c1-55(2)51-16-7-5-14-47(51)48-30-28-46(35-52(48)55)56(45-29-31-54-50(34-45)49-15-6-8-17-53(49)57-54)44-26-24-38(25-27-44)37-18-20-39(21-19-37)41-12-9-13-42(32-41)43-23-22-36-10-3-4-11-40(36)33-43/h3-35H,1-2H3. The number of anilines is 3. The highest BCUT2D eigenvalue weighted by molar-refractivity contribution is 7.25. The molecule has 2 heteroatoms. The van der Waals surface area contributed by atoms with Gasteiger partial charge in [-0.1, -0.05) is 153 Å². The molecule has 0 saturated heterocycles. The molecule has 1 aliphatic rings. The summed E-state index contributed by atoms with van der Waals surface area (Å²) in [6.07, 6.45) is 0. The zero-order valence-corrected chi connectivity index (χ0v) is 32.7. The SMILES string of the molecule is CC1(C)c2ccccc2-c2ccc(N(c3ccc(-c4ccc(-c5cccc(-c6ccc7ccccc7c6)c5)cc4)cc3)c3ccc4sc5ccccc5c4c3)cc21. The molecule has 1 heterocycles. The zero-order valence-electron chi connectivity index (χ0n) is 31.9. The minimum absolute atomic E-state index is 0.0884. The quantitative estimate of drug-likeness (QED) is 0.164. The van der Waals surface area contributed by atoms with E-state index in [-0.39, 0.29) is 5.41 Å². The summed E-state index contributed by atoms with van der Waals surface area (Å²) in [4.78, 5) is 2.43. The highest BCUT2D eigenvalue weighted by Crippen LogP contribution is 2.51. The molecule has 0 fully saturated rings. The van der Waals surface area contributed by atoms with E-state index in [1.807, 2.05) is 11.3 Å². The Bertz CT molecular complexity index is 3150. The van der Waals surface area contributed by atoms with Gasteiger partial charge in [0.25, 0.3) is 0 Å². The first kappa shape index (κ1) is 33.6. The summed E-state index contributed by atoms with van der Waals surface area (Å²) < 4.78 is 2.63. The Kier molecular flexibility index (Phi) is 7.77. The lowest BCUT2D eigenvalue weighted by molar-refractivity contribution is 0.660. The summed E-state index contributed by atoms with van der Waals surface area (Å²) in [7, 11) is 0. The number of benzene rings is 9. The molecule has 0 amide bonds. The Morgan fingerprint density at radius 3 is 1.74 bits per heavy atom. The van der Waals surface area contributed by atoms with Gasteiger partial charge in [0.05, 0.1) is 0 Å². The minimum atomic E-state index is -0.0884. The summed E-state index contributed by atoms with van der Waals surface area (Å²) in [6, 6.07) is 73.9. The Labute approximate surface area is 337 Å². The monoisotopic (exact) mass is 745 g/mol. The van der Waals surface area contributed by atoms with Crippen molar-refractivity contribution in [2.75, 3.05) is 4.90 Å². The van der Waals surface area contributed by atoms with Gasteiger partial charge in [-0.25, -0.2) is 0 Å².